The molecular formula is C14H16ClNO3S. The van der Waals surface area contributed by atoms with Crippen molar-refractivity contribution in [2.75, 3.05) is 5.75 Å². The van der Waals surface area contributed by atoms with Crippen LogP contribution in [0.2, 0.25) is 0 Å². The van der Waals surface area contributed by atoms with Gasteiger partial charge in [-0.25, -0.2) is 13.4 Å². The molecule has 1 aliphatic rings. The summed E-state index contributed by atoms with van der Waals surface area (Å²) < 4.78 is 29.7. The molecule has 0 radical (unpaired) electrons. The van der Waals surface area contributed by atoms with E-state index in [1.807, 2.05) is 24.3 Å². The minimum absolute atomic E-state index is 0.244. The lowest BCUT2D eigenvalue weighted by Gasteiger charge is -2.25. The van der Waals surface area contributed by atoms with E-state index in [-0.39, 0.29) is 5.75 Å². The highest BCUT2D eigenvalue weighted by Crippen LogP contribution is 2.28. The van der Waals surface area contributed by atoms with Gasteiger partial charge < -0.3 is 4.42 Å². The zero-order valence-electron chi connectivity index (χ0n) is 11.0. The number of sulfone groups is 1. The Kier molecular flexibility index (Phi) is 3.73. The topological polar surface area (TPSA) is 60.2 Å². The molecular weight excluding hydrogens is 298 g/mol. The largest absolute Gasteiger partial charge is 0.441 e. The van der Waals surface area contributed by atoms with Crippen molar-refractivity contribution in [1.82, 2.24) is 4.98 Å². The quantitative estimate of drug-likeness (QED) is 0.817. The Morgan fingerprint density at radius 1 is 1.35 bits per heavy atom. The maximum absolute atomic E-state index is 12.1. The second kappa shape index (κ2) is 5.37. The van der Waals surface area contributed by atoms with Gasteiger partial charge in [-0.15, -0.1) is 11.6 Å². The predicted octanol–water partition coefficient (Wildman–Crippen LogP) is 2.95. The van der Waals surface area contributed by atoms with Gasteiger partial charge in [0, 0.05) is 6.42 Å². The molecule has 1 saturated heterocycles. The van der Waals surface area contributed by atoms with Crippen LogP contribution in [0, 0.1) is 0 Å². The van der Waals surface area contributed by atoms with E-state index in [1.165, 1.54) is 0 Å². The number of rotatable bonds is 3. The fourth-order valence-electron chi connectivity index (χ4n) is 2.69. The SMILES string of the molecule is O=S1(=O)CCCCC1C(Cl)Cc1nc2ccccc2o1. The number of fused-ring (bicyclic) bond motifs is 1. The highest BCUT2D eigenvalue weighted by atomic mass is 35.5. The lowest BCUT2D eigenvalue weighted by atomic mass is 10.1. The van der Waals surface area contributed by atoms with Gasteiger partial charge in [0.1, 0.15) is 5.52 Å². The third kappa shape index (κ3) is 2.69. The summed E-state index contributed by atoms with van der Waals surface area (Å²) in [6.45, 7) is 0. The molecule has 0 saturated carbocycles. The van der Waals surface area contributed by atoms with E-state index < -0.39 is 20.5 Å². The summed E-state index contributed by atoms with van der Waals surface area (Å²) in [6.07, 6.45) is 2.64. The number of para-hydroxylation sites is 2. The Morgan fingerprint density at radius 3 is 2.90 bits per heavy atom. The van der Waals surface area contributed by atoms with Crippen molar-refractivity contribution in [2.24, 2.45) is 0 Å². The summed E-state index contributed by atoms with van der Waals surface area (Å²) in [5.74, 6) is 0.751. The maximum atomic E-state index is 12.1. The fourth-order valence-corrected chi connectivity index (χ4v) is 5.40. The van der Waals surface area contributed by atoms with Gasteiger partial charge in [-0.05, 0) is 25.0 Å². The Labute approximate surface area is 123 Å². The first-order valence-electron chi connectivity index (χ1n) is 6.76. The Hall–Kier alpha value is -1.07. The summed E-state index contributed by atoms with van der Waals surface area (Å²) in [4.78, 5) is 4.35. The summed E-state index contributed by atoms with van der Waals surface area (Å²) in [6, 6.07) is 7.47. The number of benzene rings is 1. The van der Waals surface area contributed by atoms with E-state index in [1.54, 1.807) is 0 Å². The lowest BCUT2D eigenvalue weighted by molar-refractivity contribution is 0.492. The van der Waals surface area contributed by atoms with Crippen molar-refractivity contribution >= 4 is 32.5 Å². The molecule has 20 heavy (non-hydrogen) atoms. The minimum Gasteiger partial charge on any atom is -0.441 e. The van der Waals surface area contributed by atoms with Crippen LogP contribution in [0.1, 0.15) is 25.2 Å². The van der Waals surface area contributed by atoms with E-state index >= 15 is 0 Å². The lowest BCUT2D eigenvalue weighted by Crippen LogP contribution is -2.36. The fraction of sp³-hybridized carbons (Fsp3) is 0.500. The molecule has 3 rings (SSSR count). The van der Waals surface area contributed by atoms with E-state index in [4.69, 9.17) is 16.0 Å². The average molecular weight is 314 g/mol. The summed E-state index contributed by atoms with van der Waals surface area (Å²) in [7, 11) is -3.07. The number of hydrogen-bond acceptors (Lipinski definition) is 4. The molecule has 1 aromatic carbocycles. The van der Waals surface area contributed by atoms with Crippen molar-refractivity contribution in [3.05, 3.63) is 30.2 Å². The van der Waals surface area contributed by atoms with E-state index in [0.717, 1.165) is 18.4 Å². The van der Waals surface area contributed by atoms with Gasteiger partial charge in [0.05, 0.1) is 16.4 Å². The zero-order valence-corrected chi connectivity index (χ0v) is 12.5. The van der Waals surface area contributed by atoms with Crippen LogP contribution in [-0.2, 0) is 16.3 Å². The highest BCUT2D eigenvalue weighted by Gasteiger charge is 2.35. The summed E-state index contributed by atoms with van der Waals surface area (Å²) >= 11 is 6.33. The molecule has 0 bridgehead atoms. The normalized spacial score (nSPS) is 23.8. The molecule has 1 aromatic heterocycles. The van der Waals surface area contributed by atoms with Gasteiger partial charge in [0.25, 0.3) is 0 Å². The van der Waals surface area contributed by atoms with Gasteiger partial charge in [0.15, 0.2) is 21.3 Å². The van der Waals surface area contributed by atoms with Gasteiger partial charge in [0.2, 0.25) is 0 Å². The molecule has 2 heterocycles. The molecule has 2 aromatic rings. The summed E-state index contributed by atoms with van der Waals surface area (Å²) in [5.41, 5.74) is 1.48. The molecule has 0 N–H and O–H groups in total. The van der Waals surface area contributed by atoms with Crippen LogP contribution in [0.15, 0.2) is 28.7 Å². The van der Waals surface area contributed by atoms with Gasteiger partial charge in [-0.1, -0.05) is 18.6 Å². The van der Waals surface area contributed by atoms with Crippen molar-refractivity contribution in [3.63, 3.8) is 0 Å². The first kappa shape index (κ1) is 13.9. The number of oxazole rings is 1. The van der Waals surface area contributed by atoms with Gasteiger partial charge in [-0.2, -0.15) is 0 Å². The molecule has 1 aliphatic heterocycles. The third-order valence-corrected chi connectivity index (χ3v) is 6.69. The van der Waals surface area contributed by atoms with Gasteiger partial charge >= 0.3 is 0 Å². The predicted molar refractivity (Wildman–Crippen MR) is 78.8 cm³/mol. The molecule has 1 fully saturated rings. The van der Waals surface area contributed by atoms with Crippen LogP contribution < -0.4 is 0 Å². The van der Waals surface area contributed by atoms with Crippen molar-refractivity contribution in [1.29, 1.82) is 0 Å². The van der Waals surface area contributed by atoms with Crippen LogP contribution in [0.4, 0.5) is 0 Å². The molecule has 0 spiro atoms. The first-order valence-corrected chi connectivity index (χ1v) is 8.91. The zero-order chi connectivity index (χ0) is 14.2. The van der Waals surface area contributed by atoms with E-state index in [0.29, 0.717) is 24.3 Å². The van der Waals surface area contributed by atoms with Crippen LogP contribution in [-0.4, -0.2) is 29.8 Å². The molecule has 2 unspecified atom stereocenters. The van der Waals surface area contributed by atoms with Crippen molar-refractivity contribution in [2.45, 2.75) is 36.3 Å². The second-order valence-corrected chi connectivity index (χ2v) is 8.10. The number of alkyl halides is 1. The van der Waals surface area contributed by atoms with E-state index in [9.17, 15) is 8.42 Å². The first-order chi connectivity index (χ1) is 9.56. The molecule has 0 amide bonds. The van der Waals surface area contributed by atoms with Crippen LogP contribution in [0.3, 0.4) is 0 Å². The maximum Gasteiger partial charge on any atom is 0.197 e. The number of aromatic nitrogens is 1. The average Bonchev–Trinajstić information content (AvgIpc) is 2.80. The monoisotopic (exact) mass is 313 g/mol. The molecule has 6 heteroatoms. The standard InChI is InChI=1S/C14H16ClNO3S/c15-10(13-7-3-4-8-20(13,17)18)9-14-16-11-5-1-2-6-12(11)19-14/h1-2,5-6,10,13H,3-4,7-9H2. The number of nitrogens with zero attached hydrogens (tertiary/aromatic N) is 1. The van der Waals surface area contributed by atoms with E-state index in [2.05, 4.69) is 4.98 Å². The number of halogens is 1. The Morgan fingerprint density at radius 2 is 2.15 bits per heavy atom. The Balaban J connectivity index is 1.79. The van der Waals surface area contributed by atoms with Crippen LogP contribution in [0.25, 0.3) is 11.1 Å². The molecule has 2 atom stereocenters. The van der Waals surface area contributed by atoms with Gasteiger partial charge in [-0.3, -0.25) is 0 Å². The van der Waals surface area contributed by atoms with Crippen molar-refractivity contribution in [3.8, 4) is 0 Å². The smallest absolute Gasteiger partial charge is 0.197 e. The molecule has 108 valence electrons. The van der Waals surface area contributed by atoms with Crippen molar-refractivity contribution < 1.29 is 12.8 Å². The molecule has 0 aliphatic carbocycles. The highest BCUT2D eigenvalue weighted by molar-refractivity contribution is 7.92. The Bertz CT molecular complexity index is 677. The summed E-state index contributed by atoms with van der Waals surface area (Å²) in [5, 5.41) is -0.957. The van der Waals surface area contributed by atoms with Crippen LogP contribution in [0.5, 0.6) is 0 Å². The minimum atomic E-state index is -3.07. The second-order valence-electron chi connectivity index (χ2n) is 5.20. The third-order valence-electron chi connectivity index (χ3n) is 3.74. The molecule has 4 nitrogen and oxygen atoms in total. The number of hydrogen-bond donors (Lipinski definition) is 0. The van der Waals surface area contributed by atoms with Crippen LogP contribution >= 0.6 is 11.6 Å².